The maximum absolute atomic E-state index is 12.5. The minimum absolute atomic E-state index is 0.0155. The van der Waals surface area contributed by atoms with Crippen LogP contribution in [0.4, 0.5) is 5.69 Å². The summed E-state index contributed by atoms with van der Waals surface area (Å²) in [5.74, 6) is 0.763. The summed E-state index contributed by atoms with van der Waals surface area (Å²) < 4.78 is 0. The van der Waals surface area contributed by atoms with Crippen molar-refractivity contribution < 1.29 is 9.59 Å². The maximum Gasteiger partial charge on any atom is 0.227 e. The fourth-order valence-corrected chi connectivity index (χ4v) is 3.19. The van der Waals surface area contributed by atoms with Gasteiger partial charge in [0, 0.05) is 30.1 Å². The van der Waals surface area contributed by atoms with E-state index in [-0.39, 0.29) is 23.1 Å². The second kappa shape index (κ2) is 8.03. The standard InChI is InChI=1S/C21H32N2O2/c1-6-15(2)16-7-9-18(10-8-16)22-19(24)17-11-13-23(14-12-17)20(25)21(3,4)5/h7-10,15,17H,6,11-14H2,1-5H3,(H,22,24)/t15-/m0/s1. The summed E-state index contributed by atoms with van der Waals surface area (Å²) in [5.41, 5.74) is 1.80. The van der Waals surface area contributed by atoms with Gasteiger partial charge in [0.05, 0.1) is 0 Å². The largest absolute Gasteiger partial charge is 0.342 e. The molecule has 0 spiro atoms. The number of amides is 2. The van der Waals surface area contributed by atoms with Crippen LogP contribution < -0.4 is 5.32 Å². The highest BCUT2D eigenvalue weighted by Crippen LogP contribution is 2.25. The molecule has 1 atom stereocenters. The van der Waals surface area contributed by atoms with Crippen LogP contribution in [-0.2, 0) is 9.59 Å². The number of piperidine rings is 1. The molecule has 0 aromatic heterocycles. The average molecular weight is 344 g/mol. The van der Waals surface area contributed by atoms with Gasteiger partial charge < -0.3 is 10.2 Å². The summed E-state index contributed by atoms with van der Waals surface area (Å²) in [4.78, 5) is 26.7. The topological polar surface area (TPSA) is 49.4 Å². The van der Waals surface area contributed by atoms with Crippen LogP contribution in [0.1, 0.15) is 65.4 Å². The lowest BCUT2D eigenvalue weighted by Crippen LogP contribution is -2.45. The zero-order valence-electron chi connectivity index (χ0n) is 16.3. The predicted molar refractivity (Wildman–Crippen MR) is 103 cm³/mol. The smallest absolute Gasteiger partial charge is 0.227 e. The summed E-state index contributed by atoms with van der Waals surface area (Å²) in [7, 11) is 0. The van der Waals surface area contributed by atoms with Crippen LogP contribution in [0, 0.1) is 11.3 Å². The second-order valence-electron chi connectivity index (χ2n) is 8.24. The minimum atomic E-state index is -0.355. The van der Waals surface area contributed by atoms with E-state index in [2.05, 4.69) is 31.3 Å². The Hall–Kier alpha value is -1.84. The van der Waals surface area contributed by atoms with Gasteiger partial charge in [0.2, 0.25) is 11.8 Å². The zero-order chi connectivity index (χ0) is 18.6. The monoisotopic (exact) mass is 344 g/mol. The van der Waals surface area contributed by atoms with Gasteiger partial charge in [0.1, 0.15) is 0 Å². The molecule has 1 aliphatic heterocycles. The molecule has 0 saturated carbocycles. The third-order valence-electron chi connectivity index (χ3n) is 5.15. The number of nitrogens with one attached hydrogen (secondary N) is 1. The van der Waals surface area contributed by atoms with Crippen molar-refractivity contribution in [1.29, 1.82) is 0 Å². The Balaban J connectivity index is 1.87. The Morgan fingerprint density at radius 3 is 2.20 bits per heavy atom. The van der Waals surface area contributed by atoms with Crippen LogP contribution in [0.2, 0.25) is 0 Å². The molecule has 25 heavy (non-hydrogen) atoms. The van der Waals surface area contributed by atoms with Gasteiger partial charge in [-0.05, 0) is 42.9 Å². The summed E-state index contributed by atoms with van der Waals surface area (Å²) in [6.07, 6.45) is 2.58. The molecule has 2 amide bonds. The molecule has 1 saturated heterocycles. The number of carbonyl (C=O) groups excluding carboxylic acids is 2. The molecular formula is C21H32N2O2. The molecule has 1 aliphatic rings. The Morgan fingerprint density at radius 2 is 1.72 bits per heavy atom. The number of carbonyl (C=O) groups is 2. The lowest BCUT2D eigenvalue weighted by molar-refractivity contribution is -0.142. The van der Waals surface area contributed by atoms with Gasteiger partial charge in [-0.1, -0.05) is 46.8 Å². The van der Waals surface area contributed by atoms with Crippen molar-refractivity contribution in [3.63, 3.8) is 0 Å². The third-order valence-corrected chi connectivity index (χ3v) is 5.15. The van der Waals surface area contributed by atoms with E-state index in [1.165, 1.54) is 5.56 Å². The van der Waals surface area contributed by atoms with Crippen LogP contribution in [0.25, 0.3) is 0 Å². The fraction of sp³-hybridized carbons (Fsp3) is 0.619. The lowest BCUT2D eigenvalue weighted by Gasteiger charge is -2.35. The maximum atomic E-state index is 12.5. The first-order chi connectivity index (χ1) is 11.7. The molecule has 4 nitrogen and oxygen atoms in total. The lowest BCUT2D eigenvalue weighted by atomic mass is 9.90. The molecule has 1 heterocycles. The highest BCUT2D eigenvalue weighted by Gasteiger charge is 2.32. The van der Waals surface area contributed by atoms with Crippen LogP contribution in [0.5, 0.6) is 0 Å². The van der Waals surface area contributed by atoms with Gasteiger partial charge in [-0.3, -0.25) is 9.59 Å². The number of hydrogen-bond donors (Lipinski definition) is 1. The Kier molecular flexibility index (Phi) is 6.26. The van der Waals surface area contributed by atoms with Crippen molar-refractivity contribution in [2.75, 3.05) is 18.4 Å². The molecule has 1 fully saturated rings. The van der Waals surface area contributed by atoms with E-state index in [0.717, 1.165) is 24.9 Å². The van der Waals surface area contributed by atoms with Gasteiger partial charge in [-0.2, -0.15) is 0 Å². The normalized spacial score (nSPS) is 17.2. The molecule has 4 heteroatoms. The fourth-order valence-electron chi connectivity index (χ4n) is 3.19. The SMILES string of the molecule is CC[C@H](C)c1ccc(NC(=O)C2CCN(C(=O)C(C)(C)C)CC2)cc1. The molecule has 2 rings (SSSR count). The van der Waals surface area contributed by atoms with E-state index in [9.17, 15) is 9.59 Å². The van der Waals surface area contributed by atoms with Gasteiger partial charge in [-0.15, -0.1) is 0 Å². The summed E-state index contributed by atoms with van der Waals surface area (Å²) in [6.45, 7) is 11.5. The van der Waals surface area contributed by atoms with Crippen molar-refractivity contribution in [2.45, 2.75) is 59.8 Å². The van der Waals surface area contributed by atoms with E-state index < -0.39 is 0 Å². The average Bonchev–Trinajstić information content (AvgIpc) is 2.60. The van der Waals surface area contributed by atoms with Crippen molar-refractivity contribution in [3.8, 4) is 0 Å². The van der Waals surface area contributed by atoms with Gasteiger partial charge in [0.25, 0.3) is 0 Å². The van der Waals surface area contributed by atoms with E-state index in [1.807, 2.05) is 37.8 Å². The number of likely N-dealkylation sites (tertiary alicyclic amines) is 1. The second-order valence-corrected chi connectivity index (χ2v) is 8.24. The third kappa shape index (κ3) is 5.07. The molecule has 138 valence electrons. The number of anilines is 1. The molecule has 0 bridgehead atoms. The zero-order valence-corrected chi connectivity index (χ0v) is 16.3. The highest BCUT2D eigenvalue weighted by molar-refractivity contribution is 5.92. The van der Waals surface area contributed by atoms with E-state index in [1.54, 1.807) is 0 Å². The molecule has 1 aromatic rings. The van der Waals surface area contributed by atoms with Crippen molar-refractivity contribution in [2.24, 2.45) is 11.3 Å². The quantitative estimate of drug-likeness (QED) is 0.879. The number of rotatable bonds is 4. The first-order valence-corrected chi connectivity index (χ1v) is 9.42. The molecule has 0 unspecified atom stereocenters. The van der Waals surface area contributed by atoms with Crippen molar-refractivity contribution in [1.82, 2.24) is 4.90 Å². The Bertz CT molecular complexity index is 593. The Morgan fingerprint density at radius 1 is 1.16 bits per heavy atom. The first kappa shape index (κ1) is 19.5. The van der Waals surface area contributed by atoms with Crippen LogP contribution in [-0.4, -0.2) is 29.8 Å². The highest BCUT2D eigenvalue weighted by atomic mass is 16.2. The molecule has 1 aromatic carbocycles. The van der Waals surface area contributed by atoms with E-state index >= 15 is 0 Å². The van der Waals surface area contributed by atoms with Gasteiger partial charge in [-0.25, -0.2) is 0 Å². The van der Waals surface area contributed by atoms with E-state index in [4.69, 9.17) is 0 Å². The van der Waals surface area contributed by atoms with Crippen LogP contribution >= 0.6 is 0 Å². The minimum Gasteiger partial charge on any atom is -0.342 e. The number of hydrogen-bond acceptors (Lipinski definition) is 2. The van der Waals surface area contributed by atoms with Gasteiger partial charge >= 0.3 is 0 Å². The predicted octanol–water partition coefficient (Wildman–Crippen LogP) is 4.42. The number of benzene rings is 1. The number of nitrogens with zero attached hydrogens (tertiary/aromatic N) is 1. The van der Waals surface area contributed by atoms with Gasteiger partial charge in [0.15, 0.2) is 0 Å². The van der Waals surface area contributed by atoms with Crippen molar-refractivity contribution in [3.05, 3.63) is 29.8 Å². The molecule has 0 radical (unpaired) electrons. The molecule has 1 N–H and O–H groups in total. The first-order valence-electron chi connectivity index (χ1n) is 9.42. The van der Waals surface area contributed by atoms with E-state index in [0.29, 0.717) is 19.0 Å². The summed E-state index contributed by atoms with van der Waals surface area (Å²) in [6, 6.07) is 8.15. The molecular weight excluding hydrogens is 312 g/mol. The molecule has 0 aliphatic carbocycles. The van der Waals surface area contributed by atoms with Crippen LogP contribution in [0.15, 0.2) is 24.3 Å². The summed E-state index contributed by atoms with van der Waals surface area (Å²) in [5, 5.41) is 3.03. The Labute approximate surface area is 152 Å². The van der Waals surface area contributed by atoms with Crippen LogP contribution in [0.3, 0.4) is 0 Å². The summed E-state index contributed by atoms with van der Waals surface area (Å²) >= 11 is 0. The van der Waals surface area contributed by atoms with Crippen molar-refractivity contribution >= 4 is 17.5 Å².